The molecule has 1 heterocycles. The first-order valence-electron chi connectivity index (χ1n) is 5.83. The standard InChI is InChI=1S/C12H15FN2O2S/c1-12(6-3-7-18-12)8-14-10-5-2-4-9(13)11(10)15(16)17/h2,4-5,14H,3,6-8H2,1H3. The van der Waals surface area contributed by atoms with Gasteiger partial charge in [-0.25, -0.2) is 0 Å². The highest BCUT2D eigenvalue weighted by molar-refractivity contribution is 8.00. The van der Waals surface area contributed by atoms with Crippen molar-refractivity contribution in [3.63, 3.8) is 0 Å². The summed E-state index contributed by atoms with van der Waals surface area (Å²) in [5, 5.41) is 13.9. The molecule has 1 aromatic rings. The SMILES string of the molecule is CC1(CNc2cccc(F)c2[N+](=O)[O-])CCCS1. The van der Waals surface area contributed by atoms with E-state index in [9.17, 15) is 14.5 Å². The number of anilines is 1. The average molecular weight is 270 g/mol. The minimum Gasteiger partial charge on any atom is -0.378 e. The highest BCUT2D eigenvalue weighted by atomic mass is 32.2. The molecule has 0 bridgehead atoms. The minimum atomic E-state index is -0.797. The lowest BCUT2D eigenvalue weighted by atomic mass is 10.1. The van der Waals surface area contributed by atoms with E-state index in [-0.39, 0.29) is 10.4 Å². The zero-order valence-electron chi connectivity index (χ0n) is 10.1. The highest BCUT2D eigenvalue weighted by Crippen LogP contribution is 2.38. The van der Waals surface area contributed by atoms with E-state index in [1.54, 1.807) is 6.07 Å². The Labute approximate surface area is 109 Å². The largest absolute Gasteiger partial charge is 0.378 e. The van der Waals surface area contributed by atoms with Crippen LogP contribution in [0.5, 0.6) is 0 Å². The van der Waals surface area contributed by atoms with Crippen LogP contribution in [0.2, 0.25) is 0 Å². The molecule has 1 aliphatic heterocycles. The lowest BCUT2D eigenvalue weighted by molar-refractivity contribution is -0.386. The predicted molar refractivity (Wildman–Crippen MR) is 71.6 cm³/mol. The summed E-state index contributed by atoms with van der Waals surface area (Å²) in [4.78, 5) is 10.2. The van der Waals surface area contributed by atoms with Crippen LogP contribution in [-0.4, -0.2) is 22.0 Å². The molecule has 0 amide bonds. The molecule has 1 N–H and O–H groups in total. The van der Waals surface area contributed by atoms with E-state index in [0.29, 0.717) is 6.54 Å². The third-order valence-corrected chi connectivity index (χ3v) is 4.66. The first-order chi connectivity index (χ1) is 8.52. The summed E-state index contributed by atoms with van der Waals surface area (Å²) in [6.45, 7) is 2.74. The fraction of sp³-hybridized carbons (Fsp3) is 0.500. The minimum absolute atomic E-state index is 0.0835. The first kappa shape index (κ1) is 13.1. The lowest BCUT2D eigenvalue weighted by Crippen LogP contribution is -2.27. The molecule has 6 heteroatoms. The van der Waals surface area contributed by atoms with Crippen molar-refractivity contribution in [2.75, 3.05) is 17.6 Å². The van der Waals surface area contributed by atoms with Gasteiger partial charge in [-0.05, 0) is 37.7 Å². The van der Waals surface area contributed by atoms with Gasteiger partial charge in [0, 0.05) is 11.3 Å². The van der Waals surface area contributed by atoms with Crippen molar-refractivity contribution in [3.05, 3.63) is 34.1 Å². The number of nitrogens with zero attached hydrogens (tertiary/aromatic N) is 1. The normalized spacial score (nSPS) is 23.0. The molecule has 1 aliphatic rings. The molecule has 18 heavy (non-hydrogen) atoms. The zero-order chi connectivity index (χ0) is 13.2. The van der Waals surface area contributed by atoms with Gasteiger partial charge in [-0.15, -0.1) is 0 Å². The first-order valence-corrected chi connectivity index (χ1v) is 6.81. The zero-order valence-corrected chi connectivity index (χ0v) is 10.9. The van der Waals surface area contributed by atoms with Crippen LogP contribution in [0.1, 0.15) is 19.8 Å². The number of thioether (sulfide) groups is 1. The molecule has 1 unspecified atom stereocenters. The van der Waals surface area contributed by atoms with E-state index in [4.69, 9.17) is 0 Å². The van der Waals surface area contributed by atoms with Crippen molar-refractivity contribution in [1.29, 1.82) is 0 Å². The van der Waals surface area contributed by atoms with Crippen molar-refractivity contribution in [1.82, 2.24) is 0 Å². The third-order valence-electron chi connectivity index (χ3n) is 3.12. The maximum atomic E-state index is 13.4. The quantitative estimate of drug-likeness (QED) is 0.672. The number of hydrogen-bond donors (Lipinski definition) is 1. The Morgan fingerprint density at radius 3 is 3.00 bits per heavy atom. The van der Waals surface area contributed by atoms with Crippen LogP contribution < -0.4 is 5.32 Å². The molecule has 4 nitrogen and oxygen atoms in total. The number of rotatable bonds is 4. The summed E-state index contributed by atoms with van der Waals surface area (Å²) in [6.07, 6.45) is 2.24. The van der Waals surface area contributed by atoms with Crippen molar-refractivity contribution in [2.45, 2.75) is 24.5 Å². The molecular weight excluding hydrogens is 255 g/mol. The maximum Gasteiger partial charge on any atom is 0.327 e. The van der Waals surface area contributed by atoms with Crippen LogP contribution in [0.4, 0.5) is 15.8 Å². The Hall–Kier alpha value is -1.30. The molecule has 98 valence electrons. The van der Waals surface area contributed by atoms with Gasteiger partial charge in [-0.3, -0.25) is 10.1 Å². The van der Waals surface area contributed by atoms with Gasteiger partial charge in [0.25, 0.3) is 0 Å². The number of halogens is 1. The summed E-state index contributed by atoms with van der Waals surface area (Å²) in [5.41, 5.74) is -0.210. The van der Waals surface area contributed by atoms with Crippen molar-refractivity contribution >= 4 is 23.1 Å². The van der Waals surface area contributed by atoms with Gasteiger partial charge < -0.3 is 5.32 Å². The van der Waals surface area contributed by atoms with Gasteiger partial charge in [0.15, 0.2) is 0 Å². The smallest absolute Gasteiger partial charge is 0.327 e. The van der Waals surface area contributed by atoms with Crippen LogP contribution in [0.15, 0.2) is 18.2 Å². The van der Waals surface area contributed by atoms with Gasteiger partial charge in [0.2, 0.25) is 5.82 Å². The Kier molecular flexibility index (Phi) is 3.75. The molecule has 1 aromatic carbocycles. The van der Waals surface area contributed by atoms with E-state index >= 15 is 0 Å². The van der Waals surface area contributed by atoms with Crippen LogP contribution in [-0.2, 0) is 0 Å². The fourth-order valence-electron chi connectivity index (χ4n) is 2.10. The molecule has 0 aromatic heterocycles. The molecule has 2 rings (SSSR count). The number of hydrogen-bond acceptors (Lipinski definition) is 4. The second-order valence-corrected chi connectivity index (χ2v) is 6.33. The van der Waals surface area contributed by atoms with Crippen LogP contribution in [0.3, 0.4) is 0 Å². The van der Waals surface area contributed by atoms with Crippen molar-refractivity contribution in [2.24, 2.45) is 0 Å². The molecule has 0 spiro atoms. The van der Waals surface area contributed by atoms with E-state index < -0.39 is 16.4 Å². The summed E-state index contributed by atoms with van der Waals surface area (Å²) in [7, 11) is 0. The van der Waals surface area contributed by atoms with Gasteiger partial charge in [0.05, 0.1) is 4.92 Å². The summed E-state index contributed by atoms with van der Waals surface area (Å²) in [6, 6.07) is 4.13. The number of nitro groups is 1. The third kappa shape index (κ3) is 2.75. The Balaban J connectivity index is 2.14. The van der Waals surface area contributed by atoms with Crippen molar-refractivity contribution < 1.29 is 9.31 Å². The molecular formula is C12H15FN2O2S. The molecule has 0 radical (unpaired) electrons. The molecule has 0 saturated carbocycles. The molecule has 1 atom stereocenters. The average Bonchev–Trinajstić information content (AvgIpc) is 2.73. The Bertz CT molecular complexity index is 461. The second-order valence-electron chi connectivity index (χ2n) is 4.65. The van der Waals surface area contributed by atoms with Crippen LogP contribution >= 0.6 is 11.8 Å². The number of nitro benzene ring substituents is 1. The fourth-order valence-corrected chi connectivity index (χ4v) is 3.35. The van der Waals surface area contributed by atoms with Gasteiger partial charge >= 0.3 is 5.69 Å². The monoisotopic (exact) mass is 270 g/mol. The number of para-hydroxylation sites is 1. The summed E-state index contributed by atoms with van der Waals surface area (Å²) in [5.74, 6) is 0.317. The topological polar surface area (TPSA) is 55.2 Å². The summed E-state index contributed by atoms with van der Waals surface area (Å²) >= 11 is 1.86. The van der Waals surface area contributed by atoms with Gasteiger partial charge in [0.1, 0.15) is 5.69 Å². The Morgan fingerprint density at radius 1 is 1.61 bits per heavy atom. The van der Waals surface area contributed by atoms with Gasteiger partial charge in [-0.2, -0.15) is 16.2 Å². The Morgan fingerprint density at radius 2 is 2.39 bits per heavy atom. The van der Waals surface area contributed by atoms with E-state index in [2.05, 4.69) is 12.2 Å². The van der Waals surface area contributed by atoms with Gasteiger partial charge in [-0.1, -0.05) is 6.07 Å². The second kappa shape index (κ2) is 5.14. The van der Waals surface area contributed by atoms with Crippen molar-refractivity contribution in [3.8, 4) is 0 Å². The molecule has 0 aliphatic carbocycles. The summed E-state index contributed by atoms with van der Waals surface area (Å²) < 4.78 is 13.5. The van der Waals surface area contributed by atoms with E-state index in [0.717, 1.165) is 24.7 Å². The molecule has 1 fully saturated rings. The van der Waals surface area contributed by atoms with E-state index in [1.165, 1.54) is 6.07 Å². The molecule has 1 saturated heterocycles. The number of benzene rings is 1. The maximum absolute atomic E-state index is 13.4. The van der Waals surface area contributed by atoms with Crippen LogP contribution in [0, 0.1) is 15.9 Å². The predicted octanol–water partition coefficient (Wildman–Crippen LogP) is 3.43. The lowest BCUT2D eigenvalue weighted by Gasteiger charge is -2.23. The van der Waals surface area contributed by atoms with E-state index in [1.807, 2.05) is 11.8 Å². The number of nitrogens with one attached hydrogen (secondary N) is 1. The highest BCUT2D eigenvalue weighted by Gasteiger charge is 2.30. The van der Waals surface area contributed by atoms with Crippen LogP contribution in [0.25, 0.3) is 0 Å².